The second-order valence-corrected chi connectivity index (χ2v) is 6.72. The van der Waals surface area contributed by atoms with Crippen LogP contribution in [0.3, 0.4) is 0 Å². The summed E-state index contributed by atoms with van der Waals surface area (Å²) in [5.74, 6) is 5.01. The maximum atomic E-state index is 12.7. The van der Waals surface area contributed by atoms with Crippen molar-refractivity contribution in [3.8, 4) is 0 Å². The lowest BCUT2D eigenvalue weighted by molar-refractivity contribution is -0.131. The van der Waals surface area contributed by atoms with E-state index in [-0.39, 0.29) is 29.7 Å². The normalized spacial score (nSPS) is 19.4. The number of hydrazine groups is 1. The van der Waals surface area contributed by atoms with Gasteiger partial charge in [-0.2, -0.15) is 4.31 Å². The summed E-state index contributed by atoms with van der Waals surface area (Å²) in [7, 11) is -3.88. The average molecular weight is 299 g/mol. The number of carbonyl (C=O) groups excluding carboxylic acids is 1. The number of amides is 1. The largest absolute Gasteiger partial charge is 0.353 e. The van der Waals surface area contributed by atoms with Gasteiger partial charge in [0.05, 0.1) is 0 Å². The summed E-state index contributed by atoms with van der Waals surface area (Å²) in [5.41, 5.74) is 1.09. The molecule has 0 aromatic carbocycles. The number of sulfonamides is 1. The minimum Gasteiger partial charge on any atom is -0.353 e. The van der Waals surface area contributed by atoms with Crippen LogP contribution in [0.1, 0.15) is 13.8 Å². The first-order valence-electron chi connectivity index (χ1n) is 6.04. The van der Waals surface area contributed by atoms with Crippen LogP contribution in [0.5, 0.6) is 0 Å². The van der Waals surface area contributed by atoms with Crippen molar-refractivity contribution in [1.82, 2.24) is 14.6 Å². The van der Waals surface area contributed by atoms with Gasteiger partial charge in [-0.15, -0.1) is 0 Å². The number of nitrogens with two attached hydrogens (primary N) is 1. The molecule has 20 heavy (non-hydrogen) atoms. The van der Waals surface area contributed by atoms with Gasteiger partial charge in [-0.3, -0.25) is 4.79 Å². The summed E-state index contributed by atoms with van der Waals surface area (Å²) in [6.45, 7) is 3.59. The molecule has 0 radical (unpaired) electrons. The van der Waals surface area contributed by atoms with Crippen molar-refractivity contribution < 1.29 is 13.2 Å². The highest BCUT2D eigenvalue weighted by Gasteiger charge is 2.45. The van der Waals surface area contributed by atoms with E-state index in [0.717, 1.165) is 4.31 Å². The Morgan fingerprint density at radius 3 is 2.85 bits per heavy atom. The molecule has 1 aromatic heterocycles. The molecule has 1 aliphatic rings. The third kappa shape index (κ3) is 2.23. The Hall–Kier alpha value is -1.71. The van der Waals surface area contributed by atoms with Crippen molar-refractivity contribution in [3.05, 3.63) is 18.3 Å². The topological polar surface area (TPSA) is 117 Å². The molecule has 1 amide bonds. The van der Waals surface area contributed by atoms with Crippen LogP contribution in [-0.2, 0) is 14.8 Å². The van der Waals surface area contributed by atoms with Crippen molar-refractivity contribution in [2.75, 3.05) is 18.5 Å². The fourth-order valence-corrected chi connectivity index (χ4v) is 3.99. The first-order valence-corrected chi connectivity index (χ1v) is 7.48. The Balaban J connectivity index is 2.52. The van der Waals surface area contributed by atoms with E-state index < -0.39 is 15.6 Å². The molecule has 2 rings (SSSR count). The van der Waals surface area contributed by atoms with Gasteiger partial charge >= 0.3 is 0 Å². The van der Waals surface area contributed by atoms with E-state index in [2.05, 4.69) is 15.7 Å². The molecule has 1 aliphatic heterocycles. The zero-order valence-electron chi connectivity index (χ0n) is 11.3. The van der Waals surface area contributed by atoms with Crippen LogP contribution in [0.2, 0.25) is 0 Å². The van der Waals surface area contributed by atoms with E-state index in [4.69, 9.17) is 5.84 Å². The summed E-state index contributed by atoms with van der Waals surface area (Å²) in [4.78, 5) is 15.7. The summed E-state index contributed by atoms with van der Waals surface area (Å²) >= 11 is 0. The number of pyridine rings is 1. The van der Waals surface area contributed by atoms with Crippen LogP contribution in [0.15, 0.2) is 23.2 Å². The third-order valence-electron chi connectivity index (χ3n) is 3.26. The second kappa shape index (κ2) is 5.00. The quantitative estimate of drug-likeness (QED) is 0.500. The summed E-state index contributed by atoms with van der Waals surface area (Å²) in [6.07, 6.45) is 1.43. The fraction of sp³-hybridized carbons (Fsp3) is 0.455. The molecule has 1 aromatic rings. The van der Waals surface area contributed by atoms with Crippen molar-refractivity contribution in [2.24, 2.45) is 5.84 Å². The minimum atomic E-state index is -3.88. The SMILES string of the molecule is CC1(C)C(=O)NCCN1S(=O)(=O)c1cccnc1NN. The van der Waals surface area contributed by atoms with Crippen molar-refractivity contribution in [1.29, 1.82) is 0 Å². The van der Waals surface area contributed by atoms with Crippen LogP contribution >= 0.6 is 0 Å². The predicted molar refractivity (Wildman–Crippen MR) is 73.0 cm³/mol. The summed E-state index contributed by atoms with van der Waals surface area (Å²) < 4.78 is 26.6. The molecule has 0 bridgehead atoms. The number of hydrogen-bond donors (Lipinski definition) is 3. The van der Waals surface area contributed by atoms with Gasteiger partial charge in [0.15, 0.2) is 5.82 Å². The van der Waals surface area contributed by atoms with Gasteiger partial charge in [-0.05, 0) is 26.0 Å². The Kier molecular flexibility index (Phi) is 3.67. The van der Waals surface area contributed by atoms with E-state index in [1.54, 1.807) is 13.8 Å². The van der Waals surface area contributed by atoms with E-state index in [1.807, 2.05) is 0 Å². The molecule has 0 unspecified atom stereocenters. The summed E-state index contributed by atoms with van der Waals surface area (Å²) in [6, 6.07) is 2.91. The third-order valence-corrected chi connectivity index (χ3v) is 5.36. The van der Waals surface area contributed by atoms with Crippen LogP contribution in [0, 0.1) is 0 Å². The van der Waals surface area contributed by atoms with Gasteiger partial charge in [-0.25, -0.2) is 19.2 Å². The molecular formula is C11H17N5O3S. The monoisotopic (exact) mass is 299 g/mol. The Morgan fingerprint density at radius 1 is 1.50 bits per heavy atom. The average Bonchev–Trinajstić information content (AvgIpc) is 2.41. The standard InChI is InChI=1S/C11H17N5O3S/c1-11(2)10(17)14-6-7-16(11)20(18,19)8-4-3-5-13-9(8)15-12/h3-5H,6-7,12H2,1-2H3,(H,13,15)(H,14,17). The highest BCUT2D eigenvalue weighted by atomic mass is 32.2. The molecule has 8 nitrogen and oxygen atoms in total. The highest BCUT2D eigenvalue weighted by Crippen LogP contribution is 2.29. The minimum absolute atomic E-state index is 0.0503. The second-order valence-electron chi connectivity index (χ2n) is 4.89. The van der Waals surface area contributed by atoms with E-state index in [9.17, 15) is 13.2 Å². The van der Waals surface area contributed by atoms with Gasteiger partial charge in [0.1, 0.15) is 10.4 Å². The number of nitrogen functional groups attached to an aromatic ring is 1. The molecule has 4 N–H and O–H groups in total. The first-order chi connectivity index (χ1) is 9.31. The van der Waals surface area contributed by atoms with Crippen molar-refractivity contribution >= 4 is 21.7 Å². The Morgan fingerprint density at radius 2 is 2.20 bits per heavy atom. The molecule has 0 atom stereocenters. The van der Waals surface area contributed by atoms with Crippen LogP contribution in [-0.4, -0.2) is 42.2 Å². The van der Waals surface area contributed by atoms with Crippen LogP contribution < -0.4 is 16.6 Å². The molecule has 0 saturated carbocycles. The zero-order chi connectivity index (χ0) is 15.0. The van der Waals surface area contributed by atoms with Gasteiger partial charge in [0, 0.05) is 19.3 Å². The number of carbonyl (C=O) groups is 1. The smallest absolute Gasteiger partial charge is 0.247 e. The lowest BCUT2D eigenvalue weighted by atomic mass is 10.0. The Labute approximate surface area is 117 Å². The number of hydrogen-bond acceptors (Lipinski definition) is 6. The fourth-order valence-electron chi connectivity index (χ4n) is 2.13. The zero-order valence-corrected chi connectivity index (χ0v) is 12.1. The van der Waals surface area contributed by atoms with Crippen molar-refractivity contribution in [2.45, 2.75) is 24.3 Å². The Bertz CT molecular complexity index is 629. The van der Waals surface area contributed by atoms with Crippen LogP contribution in [0.4, 0.5) is 5.82 Å². The maximum absolute atomic E-state index is 12.7. The van der Waals surface area contributed by atoms with E-state index in [1.165, 1.54) is 18.3 Å². The lowest BCUT2D eigenvalue weighted by Gasteiger charge is -2.39. The number of piperazine rings is 1. The molecule has 110 valence electrons. The van der Waals surface area contributed by atoms with E-state index in [0.29, 0.717) is 0 Å². The molecule has 0 aliphatic carbocycles. The molecule has 9 heteroatoms. The first kappa shape index (κ1) is 14.7. The number of rotatable bonds is 3. The number of aromatic nitrogens is 1. The molecule has 2 heterocycles. The molecule has 1 fully saturated rings. The lowest BCUT2D eigenvalue weighted by Crippen LogP contribution is -2.63. The van der Waals surface area contributed by atoms with E-state index >= 15 is 0 Å². The number of nitrogens with one attached hydrogen (secondary N) is 2. The van der Waals surface area contributed by atoms with Gasteiger partial charge < -0.3 is 10.7 Å². The molecule has 1 saturated heterocycles. The maximum Gasteiger partial charge on any atom is 0.247 e. The van der Waals surface area contributed by atoms with Crippen LogP contribution in [0.25, 0.3) is 0 Å². The number of anilines is 1. The van der Waals surface area contributed by atoms with Gasteiger partial charge in [0.2, 0.25) is 15.9 Å². The van der Waals surface area contributed by atoms with Gasteiger partial charge in [-0.1, -0.05) is 0 Å². The van der Waals surface area contributed by atoms with Gasteiger partial charge in [0.25, 0.3) is 0 Å². The molecule has 0 spiro atoms. The highest BCUT2D eigenvalue weighted by molar-refractivity contribution is 7.89. The molecular weight excluding hydrogens is 282 g/mol. The predicted octanol–water partition coefficient (Wildman–Crippen LogP) is -0.734. The number of nitrogens with zero attached hydrogens (tertiary/aromatic N) is 2. The van der Waals surface area contributed by atoms with Crippen molar-refractivity contribution in [3.63, 3.8) is 0 Å². The summed E-state index contributed by atoms with van der Waals surface area (Å²) in [5, 5.41) is 2.65.